The van der Waals surface area contributed by atoms with E-state index in [0.717, 1.165) is 17.1 Å². The van der Waals surface area contributed by atoms with Crippen molar-refractivity contribution in [2.45, 2.75) is 0 Å². The van der Waals surface area contributed by atoms with Gasteiger partial charge in [0.25, 0.3) is 0 Å². The molecule has 10 aromatic rings. The lowest BCUT2D eigenvalue weighted by atomic mass is 9.98. The Morgan fingerprint density at radius 2 is 0.759 bits per heavy atom. The summed E-state index contributed by atoms with van der Waals surface area (Å²) in [6.07, 6.45) is 0. The number of fused-ring (bicyclic) bond motifs is 5. The zero-order chi connectivity index (χ0) is 35.8. The van der Waals surface area contributed by atoms with Gasteiger partial charge >= 0.3 is 0 Å². The average molecular weight is 706 g/mol. The molecule has 0 fully saturated rings. The predicted molar refractivity (Wildman–Crippen MR) is 233 cm³/mol. The molecule has 10 rings (SSSR count). The second-order valence-electron chi connectivity index (χ2n) is 13.8. The van der Waals surface area contributed by atoms with Gasteiger partial charge in [-0.05, 0) is 110 Å². The van der Waals surface area contributed by atoms with Gasteiger partial charge in [-0.15, -0.1) is 11.3 Å². The van der Waals surface area contributed by atoms with E-state index in [9.17, 15) is 0 Å². The number of rotatable bonds is 7. The fraction of sp³-hybridized carbons (Fsp3) is 0. The van der Waals surface area contributed by atoms with Crippen LogP contribution < -0.4 is 4.90 Å². The fourth-order valence-electron chi connectivity index (χ4n) is 7.73. The highest BCUT2D eigenvalue weighted by Gasteiger charge is 2.15. The minimum Gasteiger partial charge on any atom is -0.310 e. The lowest BCUT2D eigenvalue weighted by Crippen LogP contribution is -2.10. The number of thiophene rings is 1. The van der Waals surface area contributed by atoms with Gasteiger partial charge in [-0.2, -0.15) is 0 Å². The van der Waals surface area contributed by atoms with E-state index in [2.05, 4.69) is 217 Å². The van der Waals surface area contributed by atoms with E-state index < -0.39 is 0 Å². The number of hydrogen-bond donors (Lipinski definition) is 0. The quantitative estimate of drug-likeness (QED) is 0.160. The Kier molecular flexibility index (Phi) is 8.09. The van der Waals surface area contributed by atoms with E-state index in [1.165, 1.54) is 75.5 Å². The van der Waals surface area contributed by atoms with E-state index in [0.29, 0.717) is 0 Å². The SMILES string of the molecule is c1ccc(-c2ccc(-c3ccc(N(c4ccc(-c5ccc6c(ccc7sc8ccccc8c76)c5)cc4)c4cccc(-c5ccccc5)c4)cc3)cc2)cc1. The molecule has 1 nitrogen and oxygen atoms in total. The topological polar surface area (TPSA) is 3.24 Å². The summed E-state index contributed by atoms with van der Waals surface area (Å²) < 4.78 is 2.68. The van der Waals surface area contributed by atoms with Crippen LogP contribution in [0.1, 0.15) is 0 Å². The van der Waals surface area contributed by atoms with Gasteiger partial charge in [0, 0.05) is 37.2 Å². The molecule has 0 atom stereocenters. The third kappa shape index (κ3) is 5.93. The van der Waals surface area contributed by atoms with Crippen molar-refractivity contribution in [3.8, 4) is 44.5 Å². The van der Waals surface area contributed by atoms with E-state index in [4.69, 9.17) is 0 Å². The maximum Gasteiger partial charge on any atom is 0.0467 e. The first kappa shape index (κ1) is 32.0. The van der Waals surface area contributed by atoms with Crippen molar-refractivity contribution >= 4 is 59.3 Å². The van der Waals surface area contributed by atoms with Crippen LogP contribution >= 0.6 is 11.3 Å². The van der Waals surface area contributed by atoms with Gasteiger partial charge in [-0.3, -0.25) is 0 Å². The highest BCUT2D eigenvalue weighted by molar-refractivity contribution is 7.26. The zero-order valence-electron chi connectivity index (χ0n) is 29.6. The van der Waals surface area contributed by atoms with Crippen LogP contribution in [0.2, 0.25) is 0 Å². The summed E-state index contributed by atoms with van der Waals surface area (Å²) in [5.74, 6) is 0. The molecule has 0 N–H and O–H groups in total. The molecule has 0 radical (unpaired) electrons. The van der Waals surface area contributed by atoms with Gasteiger partial charge in [0.1, 0.15) is 0 Å². The van der Waals surface area contributed by atoms with E-state index in [1.54, 1.807) is 0 Å². The molecule has 1 heterocycles. The van der Waals surface area contributed by atoms with Crippen molar-refractivity contribution in [2.24, 2.45) is 0 Å². The van der Waals surface area contributed by atoms with Crippen LogP contribution in [0.15, 0.2) is 212 Å². The second-order valence-corrected chi connectivity index (χ2v) is 14.8. The molecule has 0 amide bonds. The van der Waals surface area contributed by atoms with Crippen LogP contribution in [0.3, 0.4) is 0 Å². The third-order valence-corrected chi connectivity index (χ3v) is 11.6. The minimum absolute atomic E-state index is 1.11. The third-order valence-electron chi connectivity index (χ3n) is 10.5. The van der Waals surface area contributed by atoms with Crippen molar-refractivity contribution in [3.63, 3.8) is 0 Å². The lowest BCUT2D eigenvalue weighted by Gasteiger charge is -2.26. The normalized spacial score (nSPS) is 11.3. The molecule has 0 aliphatic heterocycles. The zero-order valence-corrected chi connectivity index (χ0v) is 30.4. The molecule has 0 saturated carbocycles. The first-order chi connectivity index (χ1) is 26.7. The van der Waals surface area contributed by atoms with Crippen molar-refractivity contribution in [3.05, 3.63) is 212 Å². The van der Waals surface area contributed by atoms with Gasteiger partial charge in [0.2, 0.25) is 0 Å². The van der Waals surface area contributed by atoms with Crippen molar-refractivity contribution in [1.29, 1.82) is 0 Å². The molecular formula is C52H35NS. The smallest absolute Gasteiger partial charge is 0.0467 e. The second kappa shape index (κ2) is 13.7. The molecule has 0 aliphatic carbocycles. The lowest BCUT2D eigenvalue weighted by molar-refractivity contribution is 1.28. The summed E-state index contributed by atoms with van der Waals surface area (Å²) in [6, 6.07) is 77.0. The summed E-state index contributed by atoms with van der Waals surface area (Å²) in [5.41, 5.74) is 13.0. The van der Waals surface area contributed by atoms with Crippen LogP contribution in [0.4, 0.5) is 17.1 Å². The maximum atomic E-state index is 2.36. The number of anilines is 3. The summed E-state index contributed by atoms with van der Waals surface area (Å²) >= 11 is 1.87. The monoisotopic (exact) mass is 705 g/mol. The Hall–Kier alpha value is -6.74. The molecular weight excluding hydrogens is 671 g/mol. The Bertz CT molecular complexity index is 2890. The highest BCUT2D eigenvalue weighted by Crippen LogP contribution is 2.41. The van der Waals surface area contributed by atoms with E-state index >= 15 is 0 Å². The molecule has 254 valence electrons. The first-order valence-electron chi connectivity index (χ1n) is 18.4. The van der Waals surface area contributed by atoms with Crippen molar-refractivity contribution in [1.82, 2.24) is 0 Å². The Morgan fingerprint density at radius 1 is 0.278 bits per heavy atom. The molecule has 0 aliphatic rings. The summed E-state index contributed by atoms with van der Waals surface area (Å²) in [6.45, 7) is 0. The molecule has 1 aromatic heterocycles. The maximum absolute atomic E-state index is 2.36. The molecule has 9 aromatic carbocycles. The van der Waals surface area contributed by atoms with E-state index in [-0.39, 0.29) is 0 Å². The molecule has 0 bridgehead atoms. The van der Waals surface area contributed by atoms with Gasteiger partial charge in [0.15, 0.2) is 0 Å². The van der Waals surface area contributed by atoms with Gasteiger partial charge in [-0.1, -0.05) is 158 Å². The molecule has 0 spiro atoms. The number of hydrogen-bond acceptors (Lipinski definition) is 2. The largest absolute Gasteiger partial charge is 0.310 e. The van der Waals surface area contributed by atoms with Gasteiger partial charge in [-0.25, -0.2) is 0 Å². The Labute approximate surface area is 319 Å². The molecule has 0 unspecified atom stereocenters. The predicted octanol–water partition coefficient (Wildman–Crippen LogP) is 15.3. The van der Waals surface area contributed by atoms with Crippen LogP contribution in [-0.2, 0) is 0 Å². The minimum atomic E-state index is 1.11. The van der Waals surface area contributed by atoms with Crippen LogP contribution in [0.25, 0.3) is 75.5 Å². The first-order valence-corrected chi connectivity index (χ1v) is 19.2. The molecule has 54 heavy (non-hydrogen) atoms. The van der Waals surface area contributed by atoms with Crippen LogP contribution in [-0.4, -0.2) is 0 Å². The van der Waals surface area contributed by atoms with Crippen LogP contribution in [0.5, 0.6) is 0 Å². The Balaban J connectivity index is 1.01. The number of benzene rings is 9. The summed E-state index contributed by atoms with van der Waals surface area (Å²) in [5, 5.41) is 5.27. The van der Waals surface area contributed by atoms with Crippen LogP contribution in [0, 0.1) is 0 Å². The summed E-state index contributed by atoms with van der Waals surface area (Å²) in [7, 11) is 0. The average Bonchev–Trinajstić information content (AvgIpc) is 3.64. The van der Waals surface area contributed by atoms with Gasteiger partial charge in [0.05, 0.1) is 0 Å². The van der Waals surface area contributed by atoms with Gasteiger partial charge < -0.3 is 4.90 Å². The molecule has 2 heteroatoms. The highest BCUT2D eigenvalue weighted by atomic mass is 32.1. The van der Waals surface area contributed by atoms with E-state index in [1.807, 2.05) is 11.3 Å². The standard InChI is InChI=1S/C52H35NS/c1-3-10-36(11-4-1)38-18-20-39(21-19-38)40-22-28-45(29-23-40)53(47-15-9-14-42(35-47)37-12-5-2-6-13-37)46-30-24-41(25-31-46)43-26-32-48-44(34-43)27-33-51-52(48)49-16-7-8-17-50(49)54-51/h1-35H. The molecule has 0 saturated heterocycles. The van der Waals surface area contributed by atoms with Crippen molar-refractivity contribution < 1.29 is 0 Å². The summed E-state index contributed by atoms with van der Waals surface area (Å²) in [4.78, 5) is 2.36. The Morgan fingerprint density at radius 3 is 1.41 bits per heavy atom. The number of nitrogens with zero attached hydrogens (tertiary/aromatic N) is 1. The van der Waals surface area contributed by atoms with Crippen molar-refractivity contribution in [2.75, 3.05) is 4.90 Å². The fourth-order valence-corrected chi connectivity index (χ4v) is 8.85.